The molecule has 0 amide bonds. The van der Waals surface area contributed by atoms with Crippen LogP contribution in [0.15, 0.2) is 24.0 Å². The van der Waals surface area contributed by atoms with Gasteiger partial charge in [0.1, 0.15) is 0 Å². The van der Waals surface area contributed by atoms with E-state index in [0.717, 1.165) is 29.5 Å². The van der Waals surface area contributed by atoms with Gasteiger partial charge in [0, 0.05) is 18.0 Å². The zero-order chi connectivity index (χ0) is 10.8. The monoisotopic (exact) mass is 203 g/mol. The maximum Gasteiger partial charge on any atom is 0.331 e. The first kappa shape index (κ1) is 9.90. The molecule has 0 bridgehead atoms. The van der Waals surface area contributed by atoms with Crippen LogP contribution in [0.5, 0.6) is 0 Å². The SMILES string of the molecule is Cc1cnccc1C1=C(C(=O)O)CCC1. The largest absolute Gasteiger partial charge is 0.478 e. The summed E-state index contributed by atoms with van der Waals surface area (Å²) in [6, 6.07) is 1.90. The van der Waals surface area contributed by atoms with E-state index in [1.807, 2.05) is 13.0 Å². The van der Waals surface area contributed by atoms with Gasteiger partial charge in [0.25, 0.3) is 0 Å². The van der Waals surface area contributed by atoms with Gasteiger partial charge in [-0.15, -0.1) is 0 Å². The standard InChI is InChI=1S/C12H13NO2/c1-8-7-13-6-5-9(8)10-3-2-4-11(10)12(14)15/h5-7H,2-4H2,1H3,(H,14,15). The Labute approximate surface area is 88.5 Å². The van der Waals surface area contributed by atoms with Gasteiger partial charge >= 0.3 is 5.97 Å². The third kappa shape index (κ3) is 1.77. The minimum atomic E-state index is -0.779. The summed E-state index contributed by atoms with van der Waals surface area (Å²) in [5.74, 6) is -0.779. The lowest BCUT2D eigenvalue weighted by atomic mass is 9.99. The van der Waals surface area contributed by atoms with Gasteiger partial charge in [0.2, 0.25) is 0 Å². The van der Waals surface area contributed by atoms with Crippen molar-refractivity contribution in [2.45, 2.75) is 26.2 Å². The second kappa shape index (κ2) is 3.85. The number of rotatable bonds is 2. The molecule has 1 aromatic heterocycles. The zero-order valence-corrected chi connectivity index (χ0v) is 8.66. The Balaban J connectivity index is 2.51. The quantitative estimate of drug-likeness (QED) is 0.803. The van der Waals surface area contributed by atoms with Crippen LogP contribution in [0, 0.1) is 6.92 Å². The van der Waals surface area contributed by atoms with Gasteiger partial charge in [-0.05, 0) is 49.0 Å². The predicted octanol–water partition coefficient (Wildman–Crippen LogP) is 2.41. The maximum absolute atomic E-state index is 11.0. The topological polar surface area (TPSA) is 50.2 Å². The smallest absolute Gasteiger partial charge is 0.331 e. The molecule has 0 saturated carbocycles. The lowest BCUT2D eigenvalue weighted by Gasteiger charge is -2.07. The van der Waals surface area contributed by atoms with Crippen LogP contribution in [0.2, 0.25) is 0 Å². The molecule has 0 atom stereocenters. The summed E-state index contributed by atoms with van der Waals surface area (Å²) < 4.78 is 0. The number of nitrogens with zero attached hydrogens (tertiary/aromatic N) is 1. The lowest BCUT2D eigenvalue weighted by Crippen LogP contribution is -2.00. The van der Waals surface area contributed by atoms with E-state index in [1.54, 1.807) is 12.4 Å². The number of pyridine rings is 1. The zero-order valence-electron chi connectivity index (χ0n) is 8.66. The number of aliphatic carboxylic acids is 1. The number of aromatic nitrogens is 1. The van der Waals surface area contributed by atoms with Crippen molar-refractivity contribution in [2.75, 3.05) is 0 Å². The Morgan fingerprint density at radius 3 is 2.93 bits per heavy atom. The van der Waals surface area contributed by atoms with Gasteiger partial charge in [0.05, 0.1) is 0 Å². The molecule has 0 radical (unpaired) electrons. The number of hydrogen-bond acceptors (Lipinski definition) is 2. The molecule has 2 rings (SSSR count). The van der Waals surface area contributed by atoms with Crippen molar-refractivity contribution in [2.24, 2.45) is 0 Å². The van der Waals surface area contributed by atoms with Crippen LogP contribution in [0.1, 0.15) is 30.4 Å². The third-order valence-corrected chi connectivity index (χ3v) is 2.82. The van der Waals surface area contributed by atoms with Crippen LogP contribution in [-0.2, 0) is 4.79 Å². The van der Waals surface area contributed by atoms with Crippen molar-refractivity contribution in [3.63, 3.8) is 0 Å². The Morgan fingerprint density at radius 2 is 2.27 bits per heavy atom. The Hall–Kier alpha value is -1.64. The highest BCUT2D eigenvalue weighted by atomic mass is 16.4. The Bertz CT molecular complexity index is 435. The number of carboxylic acid groups (broad SMARTS) is 1. The Morgan fingerprint density at radius 1 is 1.47 bits per heavy atom. The predicted molar refractivity (Wildman–Crippen MR) is 57.4 cm³/mol. The molecule has 1 N–H and O–H groups in total. The first-order valence-electron chi connectivity index (χ1n) is 5.06. The minimum absolute atomic E-state index is 0.573. The van der Waals surface area contributed by atoms with E-state index in [9.17, 15) is 4.79 Å². The molecule has 0 aliphatic heterocycles. The summed E-state index contributed by atoms with van der Waals surface area (Å²) in [6.45, 7) is 1.97. The molecule has 0 saturated heterocycles. The van der Waals surface area contributed by atoms with E-state index in [0.29, 0.717) is 12.0 Å². The second-order valence-corrected chi connectivity index (χ2v) is 3.81. The second-order valence-electron chi connectivity index (χ2n) is 3.81. The van der Waals surface area contributed by atoms with Gasteiger partial charge in [-0.2, -0.15) is 0 Å². The van der Waals surface area contributed by atoms with Crippen molar-refractivity contribution >= 4 is 11.5 Å². The van der Waals surface area contributed by atoms with Crippen molar-refractivity contribution < 1.29 is 9.90 Å². The Kier molecular flexibility index (Phi) is 2.54. The number of carboxylic acids is 1. The van der Waals surface area contributed by atoms with Crippen molar-refractivity contribution in [1.29, 1.82) is 0 Å². The van der Waals surface area contributed by atoms with E-state index in [2.05, 4.69) is 4.98 Å². The van der Waals surface area contributed by atoms with Crippen LogP contribution in [0.3, 0.4) is 0 Å². The summed E-state index contributed by atoms with van der Waals surface area (Å²) in [6.07, 6.45) is 5.99. The highest BCUT2D eigenvalue weighted by molar-refractivity contribution is 5.97. The number of aryl methyl sites for hydroxylation is 1. The first-order valence-corrected chi connectivity index (χ1v) is 5.06. The van der Waals surface area contributed by atoms with E-state index < -0.39 is 5.97 Å². The highest BCUT2D eigenvalue weighted by Gasteiger charge is 2.21. The minimum Gasteiger partial charge on any atom is -0.478 e. The molecule has 1 aliphatic carbocycles. The van der Waals surface area contributed by atoms with Gasteiger partial charge in [-0.25, -0.2) is 4.79 Å². The summed E-state index contributed by atoms with van der Waals surface area (Å²) in [7, 11) is 0. The average Bonchev–Trinajstić information content (AvgIpc) is 2.67. The number of allylic oxidation sites excluding steroid dienone is 1. The van der Waals surface area contributed by atoms with Gasteiger partial charge in [-0.3, -0.25) is 4.98 Å². The molecular weight excluding hydrogens is 190 g/mol. The van der Waals surface area contributed by atoms with Gasteiger partial charge in [-0.1, -0.05) is 0 Å². The van der Waals surface area contributed by atoms with Gasteiger partial charge < -0.3 is 5.11 Å². The maximum atomic E-state index is 11.0. The fourth-order valence-corrected chi connectivity index (χ4v) is 2.09. The summed E-state index contributed by atoms with van der Waals surface area (Å²) in [4.78, 5) is 15.0. The molecule has 0 fully saturated rings. The third-order valence-electron chi connectivity index (χ3n) is 2.82. The normalized spacial score (nSPS) is 15.8. The van der Waals surface area contributed by atoms with E-state index >= 15 is 0 Å². The summed E-state index contributed by atoms with van der Waals surface area (Å²) >= 11 is 0. The highest BCUT2D eigenvalue weighted by Crippen LogP contribution is 2.34. The van der Waals surface area contributed by atoms with Crippen molar-refractivity contribution in [1.82, 2.24) is 4.98 Å². The van der Waals surface area contributed by atoms with E-state index in [4.69, 9.17) is 5.11 Å². The van der Waals surface area contributed by atoms with Crippen LogP contribution in [0.25, 0.3) is 5.57 Å². The molecule has 3 nitrogen and oxygen atoms in total. The van der Waals surface area contributed by atoms with Crippen LogP contribution in [-0.4, -0.2) is 16.1 Å². The van der Waals surface area contributed by atoms with Crippen LogP contribution < -0.4 is 0 Å². The lowest BCUT2D eigenvalue weighted by molar-refractivity contribution is -0.132. The molecule has 1 aromatic rings. The summed E-state index contributed by atoms with van der Waals surface area (Å²) in [5, 5.41) is 9.06. The van der Waals surface area contributed by atoms with Crippen molar-refractivity contribution in [3.8, 4) is 0 Å². The van der Waals surface area contributed by atoms with E-state index in [-0.39, 0.29) is 0 Å². The molecule has 0 unspecified atom stereocenters. The molecule has 1 aliphatic rings. The molecule has 0 aromatic carbocycles. The molecule has 0 spiro atoms. The van der Waals surface area contributed by atoms with Crippen molar-refractivity contribution in [3.05, 3.63) is 35.2 Å². The molecule has 3 heteroatoms. The van der Waals surface area contributed by atoms with Crippen LogP contribution in [0.4, 0.5) is 0 Å². The van der Waals surface area contributed by atoms with Gasteiger partial charge in [0.15, 0.2) is 0 Å². The molecular formula is C12H13NO2. The molecule has 1 heterocycles. The van der Waals surface area contributed by atoms with E-state index in [1.165, 1.54) is 0 Å². The number of carbonyl (C=O) groups is 1. The average molecular weight is 203 g/mol. The molecule has 78 valence electrons. The molecule has 15 heavy (non-hydrogen) atoms. The first-order chi connectivity index (χ1) is 7.20. The summed E-state index contributed by atoms with van der Waals surface area (Å²) in [5.41, 5.74) is 3.65. The fraction of sp³-hybridized carbons (Fsp3) is 0.333. The number of hydrogen-bond donors (Lipinski definition) is 1. The fourth-order valence-electron chi connectivity index (χ4n) is 2.09. The van der Waals surface area contributed by atoms with Crippen LogP contribution >= 0.6 is 0 Å².